The molecule has 2 aliphatic rings. The van der Waals surface area contributed by atoms with E-state index in [2.05, 4.69) is 42.5 Å². The lowest BCUT2D eigenvalue weighted by atomic mass is 10.1. The van der Waals surface area contributed by atoms with E-state index in [1.54, 1.807) is 49.8 Å². The van der Waals surface area contributed by atoms with E-state index in [0.29, 0.717) is 37.8 Å². The number of aryl methyl sites for hydroxylation is 1. The molecule has 4 amide bonds. The molecule has 0 radical (unpaired) electrons. The number of thiophene rings is 1. The molecule has 0 bridgehead atoms. The minimum atomic E-state index is -0.436. The lowest BCUT2D eigenvalue weighted by molar-refractivity contribution is -0.117. The van der Waals surface area contributed by atoms with Crippen LogP contribution in [0.2, 0.25) is 0 Å². The first-order valence-corrected chi connectivity index (χ1v) is 13.4. The van der Waals surface area contributed by atoms with Gasteiger partial charge in [0.05, 0.1) is 28.1 Å². The standard InChI is InChI=1S/C27H24N8O4S/c1-3-19(36)32-15-6-4-7-16(15)33-24(37)23-22-21-18(10-13-28-25(21)40-23)35(27(38)34-22)17-8-9-20(31-14(17)2)39-26-29-11-5-12-30-26/h3,5,8-13,15-16H,1,4,6-7H2,2H3,(H,32,36)(H,33,37)(H,34,38)/t15-,16+/m0/s1. The van der Waals surface area contributed by atoms with Crippen molar-refractivity contribution >= 4 is 56.5 Å². The Balaban J connectivity index is 1.30. The predicted octanol–water partition coefficient (Wildman–Crippen LogP) is 4.22. The van der Waals surface area contributed by atoms with Crippen molar-refractivity contribution in [2.24, 2.45) is 0 Å². The summed E-state index contributed by atoms with van der Waals surface area (Å²) < 4.78 is 5.63. The van der Waals surface area contributed by atoms with Gasteiger partial charge in [-0.3, -0.25) is 14.5 Å². The maximum atomic E-state index is 13.5. The van der Waals surface area contributed by atoms with Crippen molar-refractivity contribution in [2.75, 3.05) is 10.2 Å². The smallest absolute Gasteiger partial charge is 0.331 e. The summed E-state index contributed by atoms with van der Waals surface area (Å²) >= 11 is 1.20. The maximum absolute atomic E-state index is 13.5. The third kappa shape index (κ3) is 4.60. The number of carbonyl (C=O) groups is 3. The Morgan fingerprint density at radius 3 is 2.62 bits per heavy atom. The minimum Gasteiger partial charge on any atom is -0.405 e. The molecule has 202 valence electrons. The number of urea groups is 1. The number of hydrogen-bond acceptors (Lipinski definition) is 9. The molecule has 0 spiro atoms. The van der Waals surface area contributed by atoms with E-state index in [0.717, 1.165) is 19.3 Å². The first kappa shape index (κ1) is 25.4. The Hall–Kier alpha value is -4.91. The molecule has 1 fully saturated rings. The van der Waals surface area contributed by atoms with Crippen LogP contribution in [0.1, 0.15) is 34.6 Å². The first-order chi connectivity index (χ1) is 19.4. The molecule has 0 aromatic carbocycles. The van der Waals surface area contributed by atoms with Crippen molar-refractivity contribution in [3.8, 4) is 11.9 Å². The number of pyridine rings is 2. The monoisotopic (exact) mass is 556 g/mol. The quantitative estimate of drug-likeness (QED) is 0.286. The Morgan fingerprint density at radius 2 is 1.88 bits per heavy atom. The average Bonchev–Trinajstić information content (AvgIpc) is 3.55. The first-order valence-electron chi connectivity index (χ1n) is 12.6. The van der Waals surface area contributed by atoms with Gasteiger partial charge < -0.3 is 20.7 Å². The number of hydrogen-bond donors (Lipinski definition) is 3. The fourth-order valence-corrected chi connectivity index (χ4v) is 6.04. The van der Waals surface area contributed by atoms with E-state index in [-0.39, 0.29) is 35.8 Å². The molecule has 40 heavy (non-hydrogen) atoms. The molecule has 4 aromatic heterocycles. The molecule has 5 heterocycles. The summed E-state index contributed by atoms with van der Waals surface area (Å²) in [7, 11) is 0. The number of nitrogens with one attached hydrogen (secondary N) is 3. The number of ether oxygens (including phenoxy) is 1. The number of nitrogens with zero attached hydrogens (tertiary/aromatic N) is 5. The molecular weight excluding hydrogens is 532 g/mol. The van der Waals surface area contributed by atoms with Gasteiger partial charge in [0.25, 0.3) is 5.91 Å². The average molecular weight is 557 g/mol. The zero-order valence-corrected chi connectivity index (χ0v) is 22.2. The van der Waals surface area contributed by atoms with E-state index < -0.39 is 6.03 Å². The highest BCUT2D eigenvalue weighted by Crippen LogP contribution is 2.46. The molecule has 3 N–H and O–H groups in total. The van der Waals surface area contributed by atoms with Crippen LogP contribution in [-0.2, 0) is 4.79 Å². The molecule has 1 aliphatic heterocycles. The van der Waals surface area contributed by atoms with Gasteiger partial charge in [-0.05, 0) is 50.5 Å². The van der Waals surface area contributed by atoms with Crippen molar-refractivity contribution in [1.82, 2.24) is 30.6 Å². The summed E-state index contributed by atoms with van der Waals surface area (Å²) in [6, 6.07) is 6.09. The normalized spacial score (nSPS) is 17.8. The number of amides is 4. The zero-order valence-electron chi connectivity index (χ0n) is 21.4. The lowest BCUT2D eigenvalue weighted by Gasteiger charge is -2.29. The van der Waals surface area contributed by atoms with Gasteiger partial charge in [-0.15, -0.1) is 11.3 Å². The number of rotatable bonds is 7. The maximum Gasteiger partial charge on any atom is 0.331 e. The van der Waals surface area contributed by atoms with Crippen LogP contribution in [0.4, 0.5) is 21.9 Å². The Labute approximate surface area is 232 Å². The van der Waals surface area contributed by atoms with E-state index in [1.165, 1.54) is 22.3 Å². The summed E-state index contributed by atoms with van der Waals surface area (Å²) in [5.74, 6) is -0.318. The van der Waals surface area contributed by atoms with Crippen LogP contribution in [0, 0.1) is 6.92 Å². The van der Waals surface area contributed by atoms with Crippen molar-refractivity contribution < 1.29 is 19.1 Å². The third-order valence-electron chi connectivity index (χ3n) is 6.81. The van der Waals surface area contributed by atoms with Crippen molar-refractivity contribution in [1.29, 1.82) is 0 Å². The van der Waals surface area contributed by atoms with Gasteiger partial charge in [-0.25, -0.2) is 24.7 Å². The van der Waals surface area contributed by atoms with Crippen molar-refractivity contribution in [3.63, 3.8) is 0 Å². The Morgan fingerprint density at radius 1 is 1.10 bits per heavy atom. The molecule has 2 atom stereocenters. The van der Waals surface area contributed by atoms with Gasteiger partial charge >= 0.3 is 12.0 Å². The summed E-state index contributed by atoms with van der Waals surface area (Å²) in [6.45, 7) is 5.26. The molecule has 6 rings (SSSR count). The van der Waals surface area contributed by atoms with Gasteiger partial charge in [-0.2, -0.15) is 0 Å². The predicted molar refractivity (Wildman–Crippen MR) is 149 cm³/mol. The van der Waals surface area contributed by atoms with E-state index in [1.807, 2.05) is 0 Å². The molecule has 4 aromatic rings. The van der Waals surface area contributed by atoms with Gasteiger partial charge in [0.1, 0.15) is 9.71 Å². The van der Waals surface area contributed by atoms with Crippen LogP contribution >= 0.6 is 11.3 Å². The molecule has 12 nitrogen and oxygen atoms in total. The zero-order chi connectivity index (χ0) is 27.8. The third-order valence-corrected chi connectivity index (χ3v) is 7.91. The second kappa shape index (κ2) is 10.3. The van der Waals surface area contributed by atoms with Crippen LogP contribution in [0.3, 0.4) is 0 Å². The van der Waals surface area contributed by atoms with E-state index in [9.17, 15) is 14.4 Å². The van der Waals surface area contributed by atoms with Gasteiger partial charge in [0, 0.05) is 36.7 Å². The van der Waals surface area contributed by atoms with Gasteiger partial charge in [-0.1, -0.05) is 6.58 Å². The highest BCUT2D eigenvalue weighted by atomic mass is 32.1. The number of anilines is 3. The lowest BCUT2D eigenvalue weighted by Crippen LogP contribution is -2.48. The highest BCUT2D eigenvalue weighted by molar-refractivity contribution is 7.21. The largest absolute Gasteiger partial charge is 0.405 e. The molecule has 13 heteroatoms. The summed E-state index contributed by atoms with van der Waals surface area (Å²) in [6.07, 6.45) is 8.33. The summed E-state index contributed by atoms with van der Waals surface area (Å²) in [5.41, 5.74) is 2.08. The van der Waals surface area contributed by atoms with Crippen molar-refractivity contribution in [3.05, 3.63) is 66.1 Å². The fraction of sp³-hybridized carbons (Fsp3) is 0.222. The van der Waals surface area contributed by atoms with Crippen LogP contribution in [0.15, 0.2) is 55.5 Å². The van der Waals surface area contributed by atoms with Crippen LogP contribution in [0.5, 0.6) is 11.9 Å². The summed E-state index contributed by atoms with van der Waals surface area (Å²) in [4.78, 5) is 58.2. The van der Waals surface area contributed by atoms with E-state index in [4.69, 9.17) is 4.74 Å². The van der Waals surface area contributed by atoms with Crippen LogP contribution in [0.25, 0.3) is 10.2 Å². The number of carbonyl (C=O) groups excluding carboxylic acids is 3. The summed E-state index contributed by atoms with van der Waals surface area (Å²) in [5, 5.41) is 9.49. The molecular formula is C27H24N8O4S. The molecule has 1 saturated carbocycles. The Bertz CT molecular complexity index is 1660. The topological polar surface area (TPSA) is 151 Å². The molecule has 0 saturated heterocycles. The fourth-order valence-electron chi connectivity index (χ4n) is 5.02. The number of aromatic nitrogens is 4. The van der Waals surface area contributed by atoms with Crippen LogP contribution < -0.4 is 25.6 Å². The molecule has 1 aliphatic carbocycles. The van der Waals surface area contributed by atoms with E-state index >= 15 is 0 Å². The second-order valence-electron chi connectivity index (χ2n) is 9.30. The SMILES string of the molecule is C=CC(=O)N[C@H]1CCC[C@H]1NC(=O)c1sc2nccc3c2c1NC(=O)N3c1ccc(Oc2ncccn2)nc1C. The second-order valence-corrected chi connectivity index (χ2v) is 10.3. The minimum absolute atomic E-state index is 0.162. The van der Waals surface area contributed by atoms with Gasteiger partial charge in [0.15, 0.2) is 0 Å². The van der Waals surface area contributed by atoms with Crippen LogP contribution in [-0.4, -0.2) is 49.9 Å². The Kier molecular flexibility index (Phi) is 6.56. The van der Waals surface area contributed by atoms with Crippen molar-refractivity contribution in [2.45, 2.75) is 38.3 Å². The van der Waals surface area contributed by atoms with Gasteiger partial charge in [0.2, 0.25) is 11.8 Å². The highest BCUT2D eigenvalue weighted by Gasteiger charge is 2.35. The molecule has 0 unspecified atom stereocenters.